The fraction of sp³-hybridized carbons (Fsp3) is 0.652. The number of ether oxygens (including phenoxy) is 2. The van der Waals surface area contributed by atoms with Gasteiger partial charge in [-0.2, -0.15) is 0 Å². The Morgan fingerprint density at radius 3 is 2.35 bits per heavy atom. The third-order valence-corrected chi connectivity index (χ3v) is 8.30. The molecule has 2 saturated heterocycles. The largest absolute Gasteiger partial charge is 0.495 e. The van der Waals surface area contributed by atoms with Crippen molar-refractivity contribution in [1.29, 1.82) is 0 Å². The normalized spacial score (nSPS) is 20.5. The molecule has 34 heavy (non-hydrogen) atoms. The molecule has 10 nitrogen and oxygen atoms in total. The van der Waals surface area contributed by atoms with Crippen molar-refractivity contribution in [2.75, 3.05) is 66.1 Å². The SMILES string of the molecule is COc1ccc(C(=O)N2CCN(CC(=O)N3CCOCC3)CC2)cc1S(=O)(=O)NC1CCCC1. The van der Waals surface area contributed by atoms with Gasteiger partial charge in [0.15, 0.2) is 0 Å². The highest BCUT2D eigenvalue weighted by atomic mass is 32.2. The zero-order valence-corrected chi connectivity index (χ0v) is 20.5. The molecular weight excluding hydrogens is 460 g/mol. The highest BCUT2D eigenvalue weighted by Gasteiger charge is 2.29. The number of rotatable bonds is 7. The molecule has 1 aliphatic carbocycles. The van der Waals surface area contributed by atoms with Gasteiger partial charge >= 0.3 is 0 Å². The highest BCUT2D eigenvalue weighted by molar-refractivity contribution is 7.89. The molecule has 0 bridgehead atoms. The van der Waals surface area contributed by atoms with E-state index >= 15 is 0 Å². The molecule has 0 unspecified atom stereocenters. The number of benzene rings is 1. The Labute approximate surface area is 201 Å². The monoisotopic (exact) mass is 494 g/mol. The van der Waals surface area contributed by atoms with Crippen molar-refractivity contribution < 1.29 is 27.5 Å². The Bertz CT molecular complexity index is 981. The van der Waals surface area contributed by atoms with Crippen LogP contribution >= 0.6 is 0 Å². The van der Waals surface area contributed by atoms with E-state index in [4.69, 9.17) is 9.47 Å². The van der Waals surface area contributed by atoms with Crippen molar-refractivity contribution in [2.45, 2.75) is 36.6 Å². The number of sulfonamides is 1. The van der Waals surface area contributed by atoms with E-state index in [2.05, 4.69) is 9.62 Å². The number of morpholine rings is 1. The van der Waals surface area contributed by atoms with Crippen LogP contribution in [0.1, 0.15) is 36.0 Å². The predicted molar refractivity (Wildman–Crippen MR) is 125 cm³/mol. The van der Waals surface area contributed by atoms with E-state index in [1.54, 1.807) is 11.0 Å². The van der Waals surface area contributed by atoms with Gasteiger partial charge in [-0.1, -0.05) is 12.8 Å². The second-order valence-corrected chi connectivity index (χ2v) is 10.7. The molecule has 0 radical (unpaired) electrons. The van der Waals surface area contributed by atoms with Crippen LogP contribution < -0.4 is 9.46 Å². The summed E-state index contributed by atoms with van der Waals surface area (Å²) in [5.41, 5.74) is 0.311. The lowest BCUT2D eigenvalue weighted by Crippen LogP contribution is -2.52. The molecule has 0 atom stereocenters. The van der Waals surface area contributed by atoms with E-state index in [9.17, 15) is 18.0 Å². The maximum absolute atomic E-state index is 13.2. The highest BCUT2D eigenvalue weighted by Crippen LogP contribution is 2.28. The quantitative estimate of drug-likeness (QED) is 0.589. The maximum atomic E-state index is 13.2. The Hall–Kier alpha value is -2.21. The van der Waals surface area contributed by atoms with Gasteiger partial charge < -0.3 is 19.3 Å². The summed E-state index contributed by atoms with van der Waals surface area (Å²) >= 11 is 0. The molecule has 1 aromatic carbocycles. The zero-order valence-electron chi connectivity index (χ0n) is 19.7. The lowest BCUT2D eigenvalue weighted by molar-refractivity contribution is -0.136. The van der Waals surface area contributed by atoms with Crippen molar-refractivity contribution >= 4 is 21.8 Å². The minimum absolute atomic E-state index is 0.0116. The van der Waals surface area contributed by atoms with Crippen LogP contribution in [0.2, 0.25) is 0 Å². The summed E-state index contributed by atoms with van der Waals surface area (Å²) in [4.78, 5) is 31.2. The summed E-state index contributed by atoms with van der Waals surface area (Å²) in [7, 11) is -2.39. The number of carbonyl (C=O) groups excluding carboxylic acids is 2. The van der Waals surface area contributed by atoms with Gasteiger partial charge in [-0.05, 0) is 31.0 Å². The summed E-state index contributed by atoms with van der Waals surface area (Å²) in [5, 5.41) is 0. The van der Waals surface area contributed by atoms with E-state index in [-0.39, 0.29) is 28.5 Å². The standard InChI is InChI=1S/C23H34N4O6S/c1-32-20-7-6-18(16-21(20)34(30,31)24-19-4-2-3-5-19)23(29)27-10-8-25(9-11-27)17-22(28)26-12-14-33-15-13-26/h6-7,16,19,24H,2-5,8-15,17H2,1H3. The van der Waals surface area contributed by atoms with Crippen LogP contribution in [0.4, 0.5) is 0 Å². The Morgan fingerprint density at radius 2 is 1.71 bits per heavy atom. The van der Waals surface area contributed by atoms with Crippen molar-refractivity contribution in [3.63, 3.8) is 0 Å². The molecule has 1 aromatic rings. The number of nitrogens with one attached hydrogen (secondary N) is 1. The summed E-state index contributed by atoms with van der Waals surface area (Å²) in [6.45, 7) is 4.85. The first kappa shape index (κ1) is 24.9. The van der Waals surface area contributed by atoms with Gasteiger partial charge in [-0.25, -0.2) is 13.1 Å². The fourth-order valence-electron chi connectivity index (χ4n) is 4.74. The van der Waals surface area contributed by atoms with Crippen LogP contribution in [0.5, 0.6) is 5.75 Å². The van der Waals surface area contributed by atoms with Crippen molar-refractivity contribution in [3.8, 4) is 5.75 Å². The Balaban J connectivity index is 1.38. The van der Waals surface area contributed by atoms with E-state index in [1.807, 2.05) is 4.90 Å². The van der Waals surface area contributed by atoms with Gasteiger partial charge in [-0.15, -0.1) is 0 Å². The van der Waals surface area contributed by atoms with Gasteiger partial charge in [0.05, 0.1) is 26.9 Å². The summed E-state index contributed by atoms with van der Waals surface area (Å²) in [5.74, 6) is 0.0791. The minimum atomic E-state index is -3.81. The first-order valence-electron chi connectivity index (χ1n) is 11.9. The molecule has 188 valence electrons. The number of methoxy groups -OCH3 is 1. The molecule has 1 N–H and O–H groups in total. The number of nitrogens with zero attached hydrogens (tertiary/aromatic N) is 3. The first-order valence-corrected chi connectivity index (χ1v) is 13.4. The fourth-order valence-corrected chi connectivity index (χ4v) is 6.24. The Kier molecular flexibility index (Phi) is 8.07. The summed E-state index contributed by atoms with van der Waals surface area (Å²) in [6.07, 6.45) is 3.65. The predicted octanol–water partition coefficient (Wildman–Crippen LogP) is 0.533. The molecule has 2 aliphatic heterocycles. The van der Waals surface area contributed by atoms with E-state index in [0.29, 0.717) is 64.6 Å². The maximum Gasteiger partial charge on any atom is 0.253 e. The number of carbonyl (C=O) groups is 2. The van der Waals surface area contributed by atoms with Crippen LogP contribution in [-0.4, -0.2) is 107 Å². The number of hydrogen-bond donors (Lipinski definition) is 1. The molecule has 2 heterocycles. The number of amides is 2. The van der Waals surface area contributed by atoms with Crippen LogP contribution in [0.15, 0.2) is 23.1 Å². The molecule has 3 fully saturated rings. The topological polar surface area (TPSA) is 108 Å². The second kappa shape index (κ2) is 11.0. The third kappa shape index (κ3) is 5.88. The van der Waals surface area contributed by atoms with E-state index in [0.717, 1.165) is 25.7 Å². The van der Waals surface area contributed by atoms with Gasteiger partial charge in [0.1, 0.15) is 10.6 Å². The Morgan fingerprint density at radius 1 is 1.03 bits per heavy atom. The third-order valence-electron chi connectivity index (χ3n) is 6.76. The molecule has 4 rings (SSSR count). The second-order valence-electron chi connectivity index (χ2n) is 9.03. The lowest BCUT2D eigenvalue weighted by Gasteiger charge is -2.36. The number of piperazine rings is 1. The zero-order chi connectivity index (χ0) is 24.1. The molecule has 0 spiro atoms. The molecule has 1 saturated carbocycles. The van der Waals surface area contributed by atoms with Crippen molar-refractivity contribution in [2.24, 2.45) is 0 Å². The molecule has 11 heteroatoms. The lowest BCUT2D eigenvalue weighted by atomic mass is 10.1. The van der Waals surface area contributed by atoms with Crippen molar-refractivity contribution in [3.05, 3.63) is 23.8 Å². The van der Waals surface area contributed by atoms with Crippen molar-refractivity contribution in [1.82, 2.24) is 19.4 Å². The van der Waals surface area contributed by atoms with Crippen LogP contribution in [0.25, 0.3) is 0 Å². The smallest absolute Gasteiger partial charge is 0.253 e. The van der Waals surface area contributed by atoms with E-state index in [1.165, 1.54) is 19.2 Å². The van der Waals surface area contributed by atoms with Crippen LogP contribution in [-0.2, 0) is 19.6 Å². The minimum Gasteiger partial charge on any atom is -0.495 e. The van der Waals surface area contributed by atoms with Crippen LogP contribution in [0, 0.1) is 0 Å². The number of hydrogen-bond acceptors (Lipinski definition) is 7. The molecule has 0 aromatic heterocycles. The van der Waals surface area contributed by atoms with Gasteiger partial charge in [0, 0.05) is 50.9 Å². The molecule has 3 aliphatic rings. The first-order chi connectivity index (χ1) is 16.4. The molecular formula is C23H34N4O6S. The van der Waals surface area contributed by atoms with Gasteiger partial charge in [-0.3, -0.25) is 14.5 Å². The summed E-state index contributed by atoms with van der Waals surface area (Å²) < 4.78 is 39.4. The average Bonchev–Trinajstić information content (AvgIpc) is 3.36. The summed E-state index contributed by atoms with van der Waals surface area (Å²) in [6, 6.07) is 4.46. The average molecular weight is 495 g/mol. The van der Waals surface area contributed by atoms with E-state index < -0.39 is 10.0 Å². The van der Waals surface area contributed by atoms with Gasteiger partial charge in [0.25, 0.3) is 5.91 Å². The molecule has 2 amide bonds. The van der Waals surface area contributed by atoms with Gasteiger partial charge in [0.2, 0.25) is 15.9 Å². The van der Waals surface area contributed by atoms with Crippen LogP contribution in [0.3, 0.4) is 0 Å².